The fourth-order valence-electron chi connectivity index (χ4n) is 2.31. The predicted octanol–water partition coefficient (Wildman–Crippen LogP) is 2.09. The van der Waals surface area contributed by atoms with E-state index in [0.29, 0.717) is 11.4 Å². The maximum Gasteiger partial charge on any atom is 0.267 e. The van der Waals surface area contributed by atoms with Crippen LogP contribution in [0.25, 0.3) is 11.3 Å². The van der Waals surface area contributed by atoms with Gasteiger partial charge in [0.05, 0.1) is 24.7 Å². The number of halogens is 1. The highest BCUT2D eigenvalue weighted by atomic mass is 19.1. The minimum atomic E-state index is -0.540. The van der Waals surface area contributed by atoms with Gasteiger partial charge in [0.15, 0.2) is 0 Å². The largest absolute Gasteiger partial charge is 0.497 e. The molecule has 2 aromatic heterocycles. The monoisotopic (exact) mass is 354 g/mol. The van der Waals surface area contributed by atoms with Crippen LogP contribution >= 0.6 is 0 Å². The summed E-state index contributed by atoms with van der Waals surface area (Å²) in [5, 5.41) is 6.70. The van der Waals surface area contributed by atoms with Crippen molar-refractivity contribution in [3.63, 3.8) is 0 Å². The van der Waals surface area contributed by atoms with E-state index in [1.807, 2.05) is 0 Å². The number of pyridine rings is 1. The molecule has 0 unspecified atom stereocenters. The van der Waals surface area contributed by atoms with E-state index >= 15 is 0 Å². The summed E-state index contributed by atoms with van der Waals surface area (Å²) in [6.45, 7) is -0.306. The number of nitrogens with one attached hydrogen (secondary N) is 1. The lowest BCUT2D eigenvalue weighted by molar-refractivity contribution is -0.117. The number of amides is 1. The molecule has 2 heterocycles. The Kier molecular flexibility index (Phi) is 5.02. The third-order valence-electron chi connectivity index (χ3n) is 3.56. The van der Waals surface area contributed by atoms with Crippen LogP contribution in [0.5, 0.6) is 5.75 Å². The first-order valence-electron chi connectivity index (χ1n) is 7.69. The summed E-state index contributed by atoms with van der Waals surface area (Å²) < 4.78 is 20.2. The molecule has 0 radical (unpaired) electrons. The lowest BCUT2D eigenvalue weighted by Gasteiger charge is -2.09. The van der Waals surface area contributed by atoms with Gasteiger partial charge >= 0.3 is 0 Å². The van der Waals surface area contributed by atoms with Crippen molar-refractivity contribution in [3.8, 4) is 17.0 Å². The van der Waals surface area contributed by atoms with Crippen molar-refractivity contribution in [1.29, 1.82) is 0 Å². The zero-order chi connectivity index (χ0) is 18.5. The van der Waals surface area contributed by atoms with Gasteiger partial charge in [-0.25, -0.2) is 9.07 Å². The molecule has 0 saturated carbocycles. The first-order chi connectivity index (χ1) is 12.6. The van der Waals surface area contributed by atoms with Crippen LogP contribution in [0.15, 0.2) is 59.7 Å². The molecule has 1 amide bonds. The Labute approximate surface area is 148 Å². The highest BCUT2D eigenvalue weighted by Gasteiger charge is 2.12. The van der Waals surface area contributed by atoms with E-state index in [0.717, 1.165) is 4.68 Å². The Bertz CT molecular complexity index is 989. The summed E-state index contributed by atoms with van der Waals surface area (Å²) in [6.07, 6.45) is 3.06. The Morgan fingerprint density at radius 3 is 2.81 bits per heavy atom. The van der Waals surface area contributed by atoms with Gasteiger partial charge in [0, 0.05) is 23.9 Å². The fraction of sp³-hybridized carbons (Fsp3) is 0.111. The van der Waals surface area contributed by atoms with Crippen molar-refractivity contribution >= 4 is 11.6 Å². The maximum absolute atomic E-state index is 14.2. The van der Waals surface area contributed by atoms with Crippen molar-refractivity contribution in [3.05, 3.63) is 71.0 Å². The molecule has 7 nitrogen and oxygen atoms in total. The summed E-state index contributed by atoms with van der Waals surface area (Å²) in [5.74, 6) is -0.614. The molecule has 0 atom stereocenters. The summed E-state index contributed by atoms with van der Waals surface area (Å²) in [7, 11) is 1.44. The SMILES string of the molecule is COc1ccc(-c2ccc(=O)n(CC(=O)Nc3cccnc3)n2)c(F)c1. The number of anilines is 1. The minimum Gasteiger partial charge on any atom is -0.497 e. The van der Waals surface area contributed by atoms with Gasteiger partial charge in [-0.15, -0.1) is 0 Å². The van der Waals surface area contributed by atoms with E-state index in [9.17, 15) is 14.0 Å². The van der Waals surface area contributed by atoms with Gasteiger partial charge in [0.2, 0.25) is 5.91 Å². The van der Waals surface area contributed by atoms with Crippen LogP contribution in [0.2, 0.25) is 0 Å². The second-order valence-corrected chi connectivity index (χ2v) is 5.35. The number of methoxy groups -OCH3 is 1. The van der Waals surface area contributed by atoms with Gasteiger partial charge in [-0.05, 0) is 30.3 Å². The van der Waals surface area contributed by atoms with E-state index in [1.165, 1.54) is 37.6 Å². The summed E-state index contributed by atoms with van der Waals surface area (Å²) in [6, 6.07) is 10.3. The summed E-state index contributed by atoms with van der Waals surface area (Å²) >= 11 is 0. The number of carbonyl (C=O) groups is 1. The number of hydrogen-bond acceptors (Lipinski definition) is 5. The van der Waals surface area contributed by atoms with Crippen LogP contribution in [0.1, 0.15) is 0 Å². The Morgan fingerprint density at radius 2 is 2.12 bits per heavy atom. The van der Waals surface area contributed by atoms with Crippen molar-refractivity contribution in [1.82, 2.24) is 14.8 Å². The van der Waals surface area contributed by atoms with Gasteiger partial charge in [-0.3, -0.25) is 14.6 Å². The quantitative estimate of drug-likeness (QED) is 0.758. The van der Waals surface area contributed by atoms with Crippen molar-refractivity contribution in [2.75, 3.05) is 12.4 Å². The number of benzene rings is 1. The van der Waals surface area contributed by atoms with E-state index < -0.39 is 17.3 Å². The van der Waals surface area contributed by atoms with Gasteiger partial charge in [-0.1, -0.05) is 0 Å². The molecule has 0 aliphatic carbocycles. The van der Waals surface area contributed by atoms with Crippen LogP contribution in [0, 0.1) is 5.82 Å². The number of nitrogens with zero attached hydrogens (tertiary/aromatic N) is 3. The molecule has 1 aromatic carbocycles. The second kappa shape index (κ2) is 7.56. The molecule has 1 N–H and O–H groups in total. The van der Waals surface area contributed by atoms with Gasteiger partial charge in [0.25, 0.3) is 5.56 Å². The third-order valence-corrected chi connectivity index (χ3v) is 3.56. The molecule has 3 rings (SSSR count). The predicted molar refractivity (Wildman–Crippen MR) is 93.3 cm³/mol. The van der Waals surface area contributed by atoms with Crippen LogP contribution in [-0.4, -0.2) is 27.8 Å². The van der Waals surface area contributed by atoms with Gasteiger partial charge in [0.1, 0.15) is 18.1 Å². The maximum atomic E-state index is 14.2. The second-order valence-electron chi connectivity index (χ2n) is 5.35. The third kappa shape index (κ3) is 3.92. The van der Waals surface area contributed by atoms with Crippen LogP contribution in [0.4, 0.5) is 10.1 Å². The summed E-state index contributed by atoms with van der Waals surface area (Å²) in [5.41, 5.74) is 0.470. The molecule has 0 fully saturated rings. The Balaban J connectivity index is 1.84. The molecule has 0 spiro atoms. The number of aromatic nitrogens is 3. The molecule has 132 valence electrons. The molecule has 8 heteroatoms. The Hall–Kier alpha value is -3.55. The average molecular weight is 354 g/mol. The van der Waals surface area contributed by atoms with Crippen LogP contribution in [-0.2, 0) is 11.3 Å². The highest BCUT2D eigenvalue weighted by Crippen LogP contribution is 2.23. The average Bonchev–Trinajstić information content (AvgIpc) is 2.64. The van der Waals surface area contributed by atoms with E-state index in [4.69, 9.17) is 4.74 Å². The van der Waals surface area contributed by atoms with Crippen LogP contribution < -0.4 is 15.6 Å². The smallest absolute Gasteiger partial charge is 0.267 e. The van der Waals surface area contributed by atoms with Crippen molar-refractivity contribution in [2.24, 2.45) is 0 Å². The first-order valence-corrected chi connectivity index (χ1v) is 7.69. The first kappa shape index (κ1) is 17.3. The van der Waals surface area contributed by atoms with E-state index in [1.54, 1.807) is 24.4 Å². The molecule has 3 aromatic rings. The van der Waals surface area contributed by atoms with Crippen LogP contribution in [0.3, 0.4) is 0 Å². The fourth-order valence-corrected chi connectivity index (χ4v) is 2.31. The molecule has 0 saturated heterocycles. The zero-order valence-corrected chi connectivity index (χ0v) is 13.8. The molecular formula is C18H15FN4O3. The van der Waals surface area contributed by atoms with Crippen molar-refractivity contribution < 1.29 is 13.9 Å². The number of ether oxygens (including phenoxy) is 1. The van der Waals surface area contributed by atoms with E-state index in [2.05, 4.69) is 15.4 Å². The number of hydrogen-bond donors (Lipinski definition) is 1. The normalized spacial score (nSPS) is 10.4. The van der Waals surface area contributed by atoms with Gasteiger partial charge in [-0.2, -0.15) is 5.10 Å². The number of carbonyl (C=O) groups excluding carboxylic acids is 1. The standard InChI is InChI=1S/C18H15FN4O3/c1-26-13-4-5-14(15(19)9-13)16-6-7-18(25)23(22-16)11-17(24)21-12-3-2-8-20-10-12/h2-10H,11H2,1H3,(H,21,24). The molecular weight excluding hydrogens is 339 g/mol. The lowest BCUT2D eigenvalue weighted by atomic mass is 10.1. The highest BCUT2D eigenvalue weighted by molar-refractivity contribution is 5.90. The number of rotatable bonds is 5. The van der Waals surface area contributed by atoms with Gasteiger partial charge < -0.3 is 10.1 Å². The van der Waals surface area contributed by atoms with E-state index in [-0.39, 0.29) is 17.8 Å². The topological polar surface area (TPSA) is 86.1 Å². The van der Waals surface area contributed by atoms with Crippen molar-refractivity contribution in [2.45, 2.75) is 6.54 Å². The molecule has 26 heavy (non-hydrogen) atoms. The molecule has 0 aliphatic heterocycles. The summed E-state index contributed by atoms with van der Waals surface area (Å²) in [4.78, 5) is 28.0. The zero-order valence-electron chi connectivity index (χ0n) is 13.8. The molecule has 0 bridgehead atoms. The molecule has 0 aliphatic rings. The Morgan fingerprint density at radius 1 is 1.27 bits per heavy atom. The lowest BCUT2D eigenvalue weighted by Crippen LogP contribution is -2.29. The minimum absolute atomic E-state index is 0.201.